The summed E-state index contributed by atoms with van der Waals surface area (Å²) >= 11 is 0. The summed E-state index contributed by atoms with van der Waals surface area (Å²) in [4.78, 5) is 34.6. The lowest BCUT2D eigenvalue weighted by Crippen LogP contribution is -2.52. The molecule has 1 saturated heterocycles. The number of amides is 1. The number of pyridine rings is 1. The third kappa shape index (κ3) is 7.11. The molecule has 1 aromatic heterocycles. The highest BCUT2D eigenvalue weighted by Crippen LogP contribution is 2.60. The summed E-state index contributed by atoms with van der Waals surface area (Å²) in [5.74, 6) is -0.0262. The predicted molar refractivity (Wildman–Crippen MR) is 188 cm³/mol. The van der Waals surface area contributed by atoms with E-state index in [1.165, 1.54) is 12.8 Å². The van der Waals surface area contributed by atoms with E-state index < -0.39 is 17.7 Å². The van der Waals surface area contributed by atoms with E-state index >= 15 is 0 Å². The predicted octanol–water partition coefficient (Wildman–Crippen LogP) is 8.37. The van der Waals surface area contributed by atoms with Gasteiger partial charge >= 0.3 is 5.97 Å². The molecular weight excluding hydrogens is 586 g/mol. The second-order valence-electron chi connectivity index (χ2n) is 15.7. The van der Waals surface area contributed by atoms with Crippen molar-refractivity contribution in [1.82, 2.24) is 10.3 Å². The number of carbonyl (C=O) groups excluding carboxylic acids is 2. The van der Waals surface area contributed by atoms with Crippen molar-refractivity contribution in [2.24, 2.45) is 16.7 Å². The van der Waals surface area contributed by atoms with Crippen LogP contribution >= 0.6 is 0 Å². The molecule has 5 rings (SSSR count). The van der Waals surface area contributed by atoms with E-state index in [0.717, 1.165) is 52.4 Å². The number of benzene rings is 2. The van der Waals surface area contributed by atoms with Gasteiger partial charge < -0.3 is 19.7 Å². The fourth-order valence-corrected chi connectivity index (χ4v) is 7.57. The zero-order valence-electron chi connectivity index (χ0n) is 30.0. The number of nitrogens with one attached hydrogen (secondary N) is 1. The first-order valence-electron chi connectivity index (χ1n) is 17.1. The van der Waals surface area contributed by atoms with Crippen molar-refractivity contribution in [1.29, 1.82) is 0 Å². The fraction of sp³-hybridized carbons (Fsp3) is 0.525. The Morgan fingerprint density at radius 3 is 2.26 bits per heavy atom. The van der Waals surface area contributed by atoms with Gasteiger partial charge in [0, 0.05) is 47.7 Å². The summed E-state index contributed by atoms with van der Waals surface area (Å²) in [7, 11) is 0. The minimum atomic E-state index is -0.956. The van der Waals surface area contributed by atoms with E-state index in [2.05, 4.69) is 31.0 Å². The number of ether oxygens (including phenoxy) is 2. The van der Waals surface area contributed by atoms with Crippen molar-refractivity contribution in [3.63, 3.8) is 0 Å². The highest BCUT2D eigenvalue weighted by molar-refractivity contribution is 5.95. The number of nitrogens with zero attached hydrogens (tertiary/aromatic N) is 2. The first-order chi connectivity index (χ1) is 22.0. The molecule has 2 bridgehead atoms. The lowest BCUT2D eigenvalue weighted by molar-refractivity contribution is -0.171. The Hall–Kier alpha value is -3.71. The van der Waals surface area contributed by atoms with Gasteiger partial charge in [-0.1, -0.05) is 63.2 Å². The van der Waals surface area contributed by atoms with E-state index in [9.17, 15) is 9.59 Å². The molecule has 7 nitrogen and oxygen atoms in total. The molecule has 1 aliphatic carbocycles. The van der Waals surface area contributed by atoms with E-state index in [4.69, 9.17) is 14.5 Å². The Bertz CT molecular complexity index is 1610. The first kappa shape index (κ1) is 34.6. The number of fused-ring (bicyclic) bond motifs is 2. The van der Waals surface area contributed by atoms with E-state index in [0.29, 0.717) is 18.0 Å². The van der Waals surface area contributed by atoms with Crippen LogP contribution in [0.5, 0.6) is 0 Å². The number of carbonyl (C=O) groups is 2. The molecule has 1 saturated carbocycles. The number of hydrogen-bond acceptors (Lipinski definition) is 6. The van der Waals surface area contributed by atoms with Gasteiger partial charge in [0.15, 0.2) is 6.10 Å². The normalized spacial score (nSPS) is 21.1. The van der Waals surface area contributed by atoms with Gasteiger partial charge in [-0.2, -0.15) is 0 Å². The lowest BCUT2D eigenvalue weighted by Gasteiger charge is -2.52. The summed E-state index contributed by atoms with van der Waals surface area (Å²) in [6.07, 6.45) is 1.10. The van der Waals surface area contributed by atoms with Crippen LogP contribution in [0.25, 0.3) is 11.1 Å². The lowest BCUT2D eigenvalue weighted by atomic mass is 9.63. The number of aromatic nitrogens is 1. The monoisotopic (exact) mass is 639 g/mol. The molecule has 1 N–H and O–H groups in total. The SMILES string of the molecule is Cc1nc(C)c([C@H](OC(C)(C)C)C(=O)OC(C)C)c(N2CC3CCC(C)(C2)C3(C)C)c1-c1ccc(C(=O)NCc2ccccc2)cc1. The molecule has 1 aliphatic heterocycles. The molecule has 1 amide bonds. The molecule has 47 heavy (non-hydrogen) atoms. The van der Waals surface area contributed by atoms with E-state index in [-0.39, 0.29) is 22.8 Å². The molecule has 2 aromatic carbocycles. The van der Waals surface area contributed by atoms with E-state index in [1.807, 2.05) is 103 Å². The topological polar surface area (TPSA) is 80.8 Å². The average molecular weight is 640 g/mol. The maximum absolute atomic E-state index is 13.9. The summed E-state index contributed by atoms with van der Waals surface area (Å²) in [6, 6.07) is 17.6. The van der Waals surface area contributed by atoms with Crippen LogP contribution in [0, 0.1) is 30.6 Å². The molecule has 0 spiro atoms. The smallest absolute Gasteiger partial charge is 0.340 e. The number of hydrogen-bond donors (Lipinski definition) is 1. The van der Waals surface area contributed by atoms with Gasteiger partial charge in [0.25, 0.3) is 5.91 Å². The van der Waals surface area contributed by atoms with Crippen molar-refractivity contribution in [2.45, 2.75) is 106 Å². The van der Waals surface area contributed by atoms with Crippen LogP contribution in [0.4, 0.5) is 5.69 Å². The third-order valence-electron chi connectivity index (χ3n) is 10.5. The first-order valence-corrected chi connectivity index (χ1v) is 17.1. The molecule has 2 heterocycles. The molecule has 2 fully saturated rings. The van der Waals surface area contributed by atoms with Crippen LogP contribution < -0.4 is 10.2 Å². The minimum absolute atomic E-state index is 0.106. The van der Waals surface area contributed by atoms with Crippen molar-refractivity contribution in [3.8, 4) is 11.1 Å². The van der Waals surface area contributed by atoms with Crippen LogP contribution in [-0.2, 0) is 20.8 Å². The second kappa shape index (κ2) is 13.1. The molecule has 252 valence electrons. The van der Waals surface area contributed by atoms with Crippen LogP contribution in [-0.4, -0.2) is 41.7 Å². The summed E-state index contributed by atoms with van der Waals surface area (Å²) < 4.78 is 12.4. The van der Waals surface area contributed by atoms with Gasteiger partial charge in [-0.05, 0) is 101 Å². The van der Waals surface area contributed by atoms with Gasteiger partial charge in [0.1, 0.15) is 0 Å². The number of esters is 1. The summed E-state index contributed by atoms with van der Waals surface area (Å²) in [5, 5.41) is 3.03. The van der Waals surface area contributed by atoms with E-state index in [1.54, 1.807) is 0 Å². The van der Waals surface area contributed by atoms with Gasteiger partial charge in [-0.3, -0.25) is 9.78 Å². The van der Waals surface area contributed by atoms with Crippen molar-refractivity contribution < 1.29 is 19.1 Å². The quantitative estimate of drug-likeness (QED) is 0.237. The Labute approximate surface area is 281 Å². The Kier molecular flexibility index (Phi) is 9.62. The average Bonchev–Trinajstić information content (AvgIpc) is 3.10. The third-order valence-corrected chi connectivity index (χ3v) is 10.5. The van der Waals surface area contributed by atoms with Crippen molar-refractivity contribution in [3.05, 3.63) is 82.7 Å². The second-order valence-corrected chi connectivity index (χ2v) is 15.7. The summed E-state index contributed by atoms with van der Waals surface area (Å²) in [5.41, 5.74) is 6.62. The minimum Gasteiger partial charge on any atom is -0.461 e. The maximum Gasteiger partial charge on any atom is 0.340 e. The van der Waals surface area contributed by atoms with Gasteiger partial charge in [-0.15, -0.1) is 0 Å². The van der Waals surface area contributed by atoms with Gasteiger partial charge in [0.2, 0.25) is 0 Å². The Balaban J connectivity index is 1.63. The number of rotatable bonds is 9. The zero-order chi connectivity index (χ0) is 34.3. The highest BCUT2D eigenvalue weighted by Gasteiger charge is 2.56. The Morgan fingerprint density at radius 1 is 1.00 bits per heavy atom. The molecular formula is C40H53N3O4. The number of piperidine rings is 1. The Morgan fingerprint density at radius 2 is 1.66 bits per heavy atom. The molecule has 2 unspecified atom stereocenters. The van der Waals surface area contributed by atoms with Gasteiger partial charge in [-0.25, -0.2) is 4.79 Å². The number of aryl methyl sites for hydroxylation is 2. The molecule has 3 aromatic rings. The standard InChI is InChI=1S/C40H53N3O4/c1-25(2)46-37(45)35(47-38(5,6)7)33-27(4)42-26(3)32(34(33)43-23-31-20-21-40(10,24-43)39(31,8)9)29-16-18-30(19-17-29)36(44)41-22-28-14-12-11-13-15-28/h11-19,25,31,35H,20-24H2,1-10H3,(H,41,44)/t31?,35-,40?/m0/s1. The maximum atomic E-state index is 13.9. The fourth-order valence-electron chi connectivity index (χ4n) is 7.57. The molecule has 0 radical (unpaired) electrons. The molecule has 2 aliphatic rings. The van der Waals surface area contributed by atoms with Gasteiger partial charge in [0.05, 0.1) is 17.4 Å². The molecule has 7 heteroatoms. The largest absolute Gasteiger partial charge is 0.461 e. The van der Waals surface area contributed by atoms with Crippen LogP contribution in [0.2, 0.25) is 0 Å². The summed E-state index contributed by atoms with van der Waals surface area (Å²) in [6.45, 7) is 23.1. The van der Waals surface area contributed by atoms with Crippen LogP contribution in [0.1, 0.15) is 107 Å². The van der Waals surface area contributed by atoms with Crippen LogP contribution in [0.15, 0.2) is 54.6 Å². The molecule has 3 atom stereocenters. The van der Waals surface area contributed by atoms with Crippen LogP contribution in [0.3, 0.4) is 0 Å². The highest BCUT2D eigenvalue weighted by atomic mass is 16.6. The number of anilines is 1. The van der Waals surface area contributed by atoms with Crippen molar-refractivity contribution in [2.75, 3.05) is 18.0 Å². The van der Waals surface area contributed by atoms with Crippen molar-refractivity contribution >= 4 is 17.6 Å². The zero-order valence-corrected chi connectivity index (χ0v) is 30.0.